The first-order valence-corrected chi connectivity index (χ1v) is 13.6. The van der Waals surface area contributed by atoms with Crippen LogP contribution in [0.5, 0.6) is 0 Å². The van der Waals surface area contributed by atoms with Crippen molar-refractivity contribution in [2.45, 2.75) is 13.0 Å². The smallest absolute Gasteiger partial charge is 0.363 e. The Morgan fingerprint density at radius 1 is 1.08 bits per heavy atom. The third-order valence-corrected chi connectivity index (χ3v) is 7.69. The number of para-hydroxylation sites is 1. The van der Waals surface area contributed by atoms with E-state index in [4.69, 9.17) is 0 Å². The highest BCUT2D eigenvalue weighted by atomic mass is 32.3. The molecule has 1 atom stereocenters. The van der Waals surface area contributed by atoms with Gasteiger partial charge in [0.1, 0.15) is 5.52 Å². The lowest BCUT2D eigenvalue weighted by Gasteiger charge is -2.16. The minimum Gasteiger partial charge on any atom is -0.726 e. The Balaban J connectivity index is 0.000000480. The molecule has 3 aromatic carbocycles. The molecule has 1 N–H and O–H groups in total. The molecular weight excluding hydrogens is 512 g/mol. The number of hydrogen-bond donors (Lipinski definition) is 1. The standard InChI is InChI=1S/C25H25N4OS.CH4O4S/c1-16-20(15-17-13-14-21(27(2)3)19-10-6-5-9-18(17)19)24(30)29(26-16)25-28(4)22-11-7-8-12-23(22)31-25;1-5-6(2,3)4/h5-16,26H,1-4H3;1H3,(H,2,3,4)/q+1;/p-1/b20-15+;. The summed E-state index contributed by atoms with van der Waals surface area (Å²) in [5.41, 5.74) is 7.47. The van der Waals surface area contributed by atoms with Crippen LogP contribution in [0.2, 0.25) is 0 Å². The first-order chi connectivity index (χ1) is 17.5. The van der Waals surface area contributed by atoms with Gasteiger partial charge in [0.05, 0.1) is 30.5 Å². The molecule has 1 aliphatic heterocycles. The topological polar surface area (TPSA) is 106 Å². The Bertz CT molecular complexity index is 1610. The number of thiazole rings is 1. The van der Waals surface area contributed by atoms with E-state index in [2.05, 4.69) is 75.6 Å². The lowest BCUT2D eigenvalue weighted by Crippen LogP contribution is -2.44. The fourth-order valence-corrected chi connectivity index (χ4v) is 5.36. The lowest BCUT2D eigenvalue weighted by molar-refractivity contribution is -0.628. The predicted octanol–water partition coefficient (Wildman–Crippen LogP) is 3.36. The second-order valence-electron chi connectivity index (χ2n) is 8.69. The number of amides is 1. The summed E-state index contributed by atoms with van der Waals surface area (Å²) in [5.74, 6) is -0.00424. The van der Waals surface area contributed by atoms with Gasteiger partial charge in [-0.1, -0.05) is 47.5 Å². The number of carbonyl (C=O) groups is 1. The summed E-state index contributed by atoms with van der Waals surface area (Å²) in [5, 5.41) is 4.90. The summed E-state index contributed by atoms with van der Waals surface area (Å²) >= 11 is 1.62. The lowest BCUT2D eigenvalue weighted by atomic mass is 9.99. The fraction of sp³-hybridized carbons (Fsp3) is 0.231. The molecule has 4 aromatic rings. The molecule has 1 fully saturated rings. The number of nitrogens with one attached hydrogen (secondary N) is 1. The average Bonchev–Trinajstić information content (AvgIpc) is 3.34. The van der Waals surface area contributed by atoms with Crippen molar-refractivity contribution in [1.29, 1.82) is 0 Å². The molecule has 0 spiro atoms. The number of aromatic nitrogens is 1. The number of aryl methyl sites for hydroxylation is 1. The van der Waals surface area contributed by atoms with Crippen molar-refractivity contribution in [3.05, 3.63) is 71.8 Å². The normalized spacial score (nSPS) is 16.9. The van der Waals surface area contributed by atoms with Gasteiger partial charge >= 0.3 is 11.0 Å². The van der Waals surface area contributed by atoms with Gasteiger partial charge in [0.15, 0.2) is 0 Å². The number of carbonyl (C=O) groups excluding carboxylic acids is 1. The molecule has 1 aromatic heterocycles. The molecule has 0 bridgehead atoms. The minimum absolute atomic E-state index is 0.00424. The largest absolute Gasteiger partial charge is 0.726 e. The third kappa shape index (κ3) is 5.50. The van der Waals surface area contributed by atoms with Gasteiger partial charge in [-0.25, -0.2) is 17.8 Å². The van der Waals surface area contributed by atoms with Gasteiger partial charge in [0.25, 0.3) is 0 Å². The molecule has 37 heavy (non-hydrogen) atoms. The first kappa shape index (κ1) is 26.7. The highest BCUT2D eigenvalue weighted by Crippen LogP contribution is 2.33. The average molecular weight is 541 g/mol. The van der Waals surface area contributed by atoms with Crippen molar-refractivity contribution in [2.75, 3.05) is 31.1 Å². The maximum absolute atomic E-state index is 13.4. The van der Waals surface area contributed by atoms with E-state index in [1.165, 1.54) is 11.1 Å². The molecule has 1 amide bonds. The van der Waals surface area contributed by atoms with Crippen LogP contribution in [0.4, 0.5) is 10.8 Å². The van der Waals surface area contributed by atoms with E-state index in [0.29, 0.717) is 0 Å². The zero-order valence-electron chi connectivity index (χ0n) is 21.1. The number of fused-ring (bicyclic) bond motifs is 2. The number of hydrogen-bond acceptors (Lipinski definition) is 8. The molecule has 9 nitrogen and oxygen atoms in total. The Labute approximate surface area is 220 Å². The molecule has 0 radical (unpaired) electrons. The van der Waals surface area contributed by atoms with Crippen LogP contribution in [-0.4, -0.2) is 46.1 Å². The van der Waals surface area contributed by atoms with Crippen LogP contribution in [0.1, 0.15) is 12.5 Å². The molecular formula is C26H28N4O5S2. The van der Waals surface area contributed by atoms with Crippen molar-refractivity contribution >= 4 is 65.5 Å². The van der Waals surface area contributed by atoms with Crippen molar-refractivity contribution in [3.8, 4) is 0 Å². The number of nitrogens with zero attached hydrogens (tertiary/aromatic N) is 3. The van der Waals surface area contributed by atoms with Crippen LogP contribution in [-0.2, 0) is 26.4 Å². The molecule has 1 saturated heterocycles. The van der Waals surface area contributed by atoms with E-state index in [9.17, 15) is 17.8 Å². The second kappa shape index (κ2) is 10.6. The van der Waals surface area contributed by atoms with Crippen LogP contribution in [0.15, 0.2) is 66.2 Å². The van der Waals surface area contributed by atoms with Gasteiger partial charge < -0.3 is 9.45 Å². The van der Waals surface area contributed by atoms with Crippen LogP contribution >= 0.6 is 11.3 Å². The molecule has 0 saturated carbocycles. The van der Waals surface area contributed by atoms with E-state index < -0.39 is 10.4 Å². The van der Waals surface area contributed by atoms with Crippen LogP contribution in [0, 0.1) is 0 Å². The molecule has 11 heteroatoms. The van der Waals surface area contributed by atoms with E-state index >= 15 is 0 Å². The first-order valence-electron chi connectivity index (χ1n) is 11.4. The monoisotopic (exact) mass is 540 g/mol. The summed E-state index contributed by atoms with van der Waals surface area (Å²) in [6.07, 6.45) is 2.04. The van der Waals surface area contributed by atoms with Gasteiger partial charge in [0.2, 0.25) is 10.4 Å². The summed E-state index contributed by atoms with van der Waals surface area (Å²) in [6, 6.07) is 20.7. The Morgan fingerprint density at radius 3 is 2.32 bits per heavy atom. The number of rotatable bonds is 4. The van der Waals surface area contributed by atoms with E-state index in [-0.39, 0.29) is 11.9 Å². The van der Waals surface area contributed by atoms with Gasteiger partial charge in [0, 0.05) is 25.2 Å². The summed E-state index contributed by atoms with van der Waals surface area (Å²) < 4.78 is 34.2. The molecule has 1 unspecified atom stereocenters. The van der Waals surface area contributed by atoms with Crippen molar-refractivity contribution in [1.82, 2.24) is 5.43 Å². The van der Waals surface area contributed by atoms with Crippen molar-refractivity contribution in [2.24, 2.45) is 7.05 Å². The maximum Gasteiger partial charge on any atom is 0.363 e. The molecule has 5 rings (SSSR count). The van der Waals surface area contributed by atoms with Gasteiger partial charge in [-0.2, -0.15) is 0 Å². The highest BCUT2D eigenvalue weighted by molar-refractivity contribution is 7.80. The molecule has 0 aliphatic carbocycles. The second-order valence-corrected chi connectivity index (χ2v) is 10.9. The Hall–Kier alpha value is -3.35. The van der Waals surface area contributed by atoms with Gasteiger partial charge in [-0.15, -0.1) is 5.43 Å². The van der Waals surface area contributed by atoms with Crippen LogP contribution in [0.3, 0.4) is 0 Å². The van der Waals surface area contributed by atoms with Crippen molar-refractivity contribution in [3.63, 3.8) is 0 Å². The predicted molar refractivity (Wildman–Crippen MR) is 146 cm³/mol. The van der Waals surface area contributed by atoms with E-state index in [1.807, 2.05) is 38.2 Å². The van der Waals surface area contributed by atoms with Crippen LogP contribution in [0.25, 0.3) is 27.1 Å². The quantitative estimate of drug-likeness (QED) is 0.183. The van der Waals surface area contributed by atoms with E-state index in [1.54, 1.807) is 16.3 Å². The van der Waals surface area contributed by atoms with Gasteiger partial charge in [-0.05, 0) is 53.5 Å². The summed E-state index contributed by atoms with van der Waals surface area (Å²) in [7, 11) is 2.50. The number of hydrazine groups is 1. The Kier molecular flexibility index (Phi) is 7.62. The molecule has 194 valence electrons. The SMILES string of the molecule is CC1NN(c2sc3ccccc3[n+]2C)C(=O)/C1=C/c1ccc(N(C)C)c2ccccc12.COS(=O)(=O)[O-]. The zero-order valence-corrected chi connectivity index (χ0v) is 22.8. The fourth-order valence-electron chi connectivity index (χ4n) is 4.24. The molecule has 2 heterocycles. The highest BCUT2D eigenvalue weighted by Gasteiger charge is 2.42. The molecule has 1 aliphatic rings. The summed E-state index contributed by atoms with van der Waals surface area (Å²) in [6.45, 7) is 2.04. The summed E-state index contributed by atoms with van der Waals surface area (Å²) in [4.78, 5) is 15.6. The van der Waals surface area contributed by atoms with E-state index in [0.717, 1.165) is 39.0 Å². The van der Waals surface area contributed by atoms with Crippen molar-refractivity contribution < 1.29 is 26.5 Å². The maximum atomic E-state index is 13.4. The third-order valence-electron chi connectivity index (χ3n) is 6.08. The Morgan fingerprint density at radius 2 is 1.70 bits per heavy atom. The van der Waals surface area contributed by atoms with Crippen LogP contribution < -0.4 is 19.9 Å². The van der Waals surface area contributed by atoms with Gasteiger partial charge in [-0.3, -0.25) is 4.18 Å². The minimum atomic E-state index is -4.41. The zero-order chi connectivity index (χ0) is 26.9. The number of benzene rings is 3. The number of anilines is 2.